The number of phenols is 1. The van der Waals surface area contributed by atoms with Crippen molar-refractivity contribution in [1.29, 1.82) is 0 Å². The molecule has 1 saturated heterocycles. The van der Waals surface area contributed by atoms with E-state index in [4.69, 9.17) is 0 Å². The van der Waals surface area contributed by atoms with E-state index in [-0.39, 0.29) is 0 Å². The zero-order chi connectivity index (χ0) is 19.9. The summed E-state index contributed by atoms with van der Waals surface area (Å²) in [5, 5.41) is 12.4. The summed E-state index contributed by atoms with van der Waals surface area (Å²) in [7, 11) is 0. The molecule has 0 amide bonds. The van der Waals surface area contributed by atoms with Gasteiger partial charge in [-0.15, -0.1) is 0 Å². The number of aromatic hydroxyl groups is 1. The monoisotopic (exact) mass is 376 g/mol. The molecule has 1 aliphatic heterocycles. The quantitative estimate of drug-likeness (QED) is 0.864. The van der Waals surface area contributed by atoms with Gasteiger partial charge < -0.3 is 10.0 Å². The Labute approximate surface area is 168 Å². The maximum Gasteiger partial charge on any atom is 0.123 e. The molecule has 0 atom stereocenters. The van der Waals surface area contributed by atoms with Gasteiger partial charge in [0.05, 0.1) is 0 Å². The maximum absolute atomic E-state index is 10.3. The summed E-state index contributed by atoms with van der Waals surface area (Å²) in [6.45, 7) is 11.4. The Hall–Kier alpha value is -2.52. The van der Waals surface area contributed by atoms with Crippen LogP contribution in [0.5, 0.6) is 5.75 Å². The van der Waals surface area contributed by atoms with Crippen LogP contribution in [0, 0.1) is 6.92 Å². The van der Waals surface area contributed by atoms with Crippen LogP contribution in [-0.2, 0) is 6.54 Å². The van der Waals surface area contributed by atoms with Gasteiger partial charge in [-0.2, -0.15) is 0 Å². The molecule has 0 aliphatic carbocycles. The first-order valence-corrected chi connectivity index (χ1v) is 10.3. The highest BCUT2D eigenvalue weighted by atomic mass is 16.3. The van der Waals surface area contributed by atoms with Crippen molar-refractivity contribution in [3.63, 3.8) is 0 Å². The number of benzene rings is 2. The Morgan fingerprint density at radius 3 is 2.32 bits per heavy atom. The van der Waals surface area contributed by atoms with Crippen LogP contribution in [0.4, 0.5) is 5.69 Å². The lowest BCUT2D eigenvalue weighted by Gasteiger charge is -2.36. The summed E-state index contributed by atoms with van der Waals surface area (Å²) >= 11 is 0. The van der Waals surface area contributed by atoms with Gasteiger partial charge in [-0.05, 0) is 49.2 Å². The van der Waals surface area contributed by atoms with Gasteiger partial charge in [0.2, 0.25) is 0 Å². The van der Waals surface area contributed by atoms with Crippen molar-refractivity contribution in [2.75, 3.05) is 31.1 Å². The minimum Gasteiger partial charge on any atom is -0.507 e. The third-order valence-corrected chi connectivity index (χ3v) is 5.38. The molecule has 0 saturated carbocycles. The standard InChI is InChI=1S/C25H32N2O/c1-4-6-8-23-21(11-14-25(28)24(23)7-5-2)19-26-15-17-27(18-16-26)22-12-9-20(3)10-13-22/h4,6-14,28H,5,15-19H2,1-3H3/b6-4-,23-8-,24-7-. The largest absolute Gasteiger partial charge is 0.507 e. The molecule has 0 radical (unpaired) electrons. The van der Waals surface area contributed by atoms with Gasteiger partial charge in [-0.25, -0.2) is 0 Å². The van der Waals surface area contributed by atoms with Crippen LogP contribution in [0.2, 0.25) is 0 Å². The fourth-order valence-corrected chi connectivity index (χ4v) is 3.78. The zero-order valence-electron chi connectivity index (χ0n) is 17.4. The molecule has 0 spiro atoms. The molecule has 28 heavy (non-hydrogen) atoms. The summed E-state index contributed by atoms with van der Waals surface area (Å²) in [5.74, 6) is 0.366. The van der Waals surface area contributed by atoms with Crippen molar-refractivity contribution in [3.8, 4) is 5.75 Å². The number of allylic oxidation sites excluding steroid dienone is 2. The van der Waals surface area contributed by atoms with Gasteiger partial charge in [0, 0.05) is 43.6 Å². The maximum atomic E-state index is 10.3. The lowest BCUT2D eigenvalue weighted by molar-refractivity contribution is 0.249. The van der Waals surface area contributed by atoms with E-state index in [0.29, 0.717) is 5.75 Å². The number of piperazine rings is 1. The second kappa shape index (κ2) is 9.61. The lowest BCUT2D eigenvalue weighted by Crippen LogP contribution is -2.47. The van der Waals surface area contributed by atoms with E-state index < -0.39 is 0 Å². The van der Waals surface area contributed by atoms with E-state index in [1.165, 1.54) is 16.8 Å². The Bertz CT molecular complexity index is 920. The Balaban J connectivity index is 1.77. The van der Waals surface area contributed by atoms with Crippen LogP contribution in [-0.4, -0.2) is 36.2 Å². The summed E-state index contributed by atoms with van der Waals surface area (Å²) in [5.41, 5.74) is 3.90. The topological polar surface area (TPSA) is 26.7 Å². The molecule has 148 valence electrons. The third kappa shape index (κ3) is 4.85. The number of phenolic OH excluding ortho intramolecular Hbond substituents is 1. The highest BCUT2D eigenvalue weighted by molar-refractivity contribution is 5.48. The Morgan fingerprint density at radius 2 is 1.68 bits per heavy atom. The fraction of sp³-hybridized carbons (Fsp3) is 0.360. The van der Waals surface area contributed by atoms with E-state index in [1.54, 1.807) is 0 Å². The Kier molecular flexibility index (Phi) is 6.94. The van der Waals surface area contributed by atoms with Crippen LogP contribution in [0.3, 0.4) is 0 Å². The van der Waals surface area contributed by atoms with Gasteiger partial charge in [0.1, 0.15) is 5.75 Å². The summed E-state index contributed by atoms with van der Waals surface area (Å²) in [6.07, 6.45) is 9.23. The van der Waals surface area contributed by atoms with Crippen LogP contribution in [0.25, 0.3) is 12.2 Å². The van der Waals surface area contributed by atoms with E-state index >= 15 is 0 Å². The molecule has 3 rings (SSSR count). The highest BCUT2D eigenvalue weighted by Gasteiger charge is 2.18. The summed E-state index contributed by atoms with van der Waals surface area (Å²) in [6, 6.07) is 12.7. The van der Waals surface area contributed by atoms with Gasteiger partial charge >= 0.3 is 0 Å². The van der Waals surface area contributed by atoms with Crippen LogP contribution < -0.4 is 15.3 Å². The van der Waals surface area contributed by atoms with Crippen molar-refractivity contribution in [3.05, 3.63) is 70.1 Å². The van der Waals surface area contributed by atoms with Crippen molar-refractivity contribution >= 4 is 17.8 Å². The number of anilines is 1. The molecule has 1 heterocycles. The van der Waals surface area contributed by atoms with Crippen LogP contribution in [0.1, 0.15) is 31.4 Å². The van der Waals surface area contributed by atoms with Gasteiger partial charge in [-0.3, -0.25) is 4.90 Å². The molecule has 0 aromatic heterocycles. The molecule has 1 N–H and O–H groups in total. The van der Waals surface area contributed by atoms with E-state index in [9.17, 15) is 5.11 Å². The molecule has 1 fully saturated rings. The minimum atomic E-state index is 0.366. The highest BCUT2D eigenvalue weighted by Crippen LogP contribution is 2.17. The van der Waals surface area contributed by atoms with Crippen molar-refractivity contribution < 1.29 is 5.11 Å². The Morgan fingerprint density at radius 1 is 0.964 bits per heavy atom. The zero-order valence-corrected chi connectivity index (χ0v) is 17.4. The number of hydrogen-bond acceptors (Lipinski definition) is 3. The number of nitrogens with zero attached hydrogens (tertiary/aromatic N) is 2. The molecule has 0 unspecified atom stereocenters. The number of rotatable bonds is 5. The lowest BCUT2D eigenvalue weighted by atomic mass is 10.1. The first-order chi connectivity index (χ1) is 13.6. The SMILES string of the molecule is C\C=C/C=c1/c(CN2CCN(c3ccc(C)cc3)CC2)ccc(O)/c1=C\CC. The van der Waals surface area contributed by atoms with Crippen molar-refractivity contribution in [2.45, 2.75) is 33.7 Å². The van der Waals surface area contributed by atoms with E-state index in [0.717, 1.165) is 49.6 Å². The van der Waals surface area contributed by atoms with Gasteiger partial charge in [-0.1, -0.05) is 55.0 Å². The van der Waals surface area contributed by atoms with E-state index in [2.05, 4.69) is 72.2 Å². The molecule has 2 aromatic carbocycles. The third-order valence-electron chi connectivity index (χ3n) is 5.38. The second-order valence-electron chi connectivity index (χ2n) is 7.47. The average Bonchev–Trinajstić information content (AvgIpc) is 2.71. The molecular weight excluding hydrogens is 344 g/mol. The van der Waals surface area contributed by atoms with Crippen LogP contribution in [0.15, 0.2) is 48.6 Å². The number of aryl methyl sites for hydroxylation is 1. The first-order valence-electron chi connectivity index (χ1n) is 10.3. The number of hydrogen-bond donors (Lipinski definition) is 1. The molecule has 1 aliphatic rings. The van der Waals surface area contributed by atoms with Crippen molar-refractivity contribution in [1.82, 2.24) is 4.90 Å². The van der Waals surface area contributed by atoms with Gasteiger partial charge in [0.25, 0.3) is 0 Å². The molecule has 3 nitrogen and oxygen atoms in total. The van der Waals surface area contributed by atoms with Gasteiger partial charge in [0.15, 0.2) is 0 Å². The molecule has 2 aromatic rings. The van der Waals surface area contributed by atoms with E-state index in [1.807, 2.05) is 19.1 Å². The predicted octanol–water partition coefficient (Wildman–Crippen LogP) is 3.57. The summed E-state index contributed by atoms with van der Waals surface area (Å²) in [4.78, 5) is 4.98. The van der Waals surface area contributed by atoms with Crippen molar-refractivity contribution in [2.24, 2.45) is 0 Å². The molecule has 3 heteroatoms. The smallest absolute Gasteiger partial charge is 0.123 e. The minimum absolute atomic E-state index is 0.366. The summed E-state index contributed by atoms with van der Waals surface area (Å²) < 4.78 is 0. The fourth-order valence-electron chi connectivity index (χ4n) is 3.78. The predicted molar refractivity (Wildman–Crippen MR) is 120 cm³/mol. The normalized spacial score (nSPS) is 17.0. The second-order valence-corrected chi connectivity index (χ2v) is 7.47. The average molecular weight is 377 g/mol. The molecular formula is C25H32N2O. The molecule has 0 bridgehead atoms. The first kappa shape index (κ1) is 20.2. The van der Waals surface area contributed by atoms with Crippen LogP contribution >= 0.6 is 0 Å².